The molecule has 0 rings (SSSR count). The molecule has 19 heavy (non-hydrogen) atoms. The van der Waals surface area contributed by atoms with Gasteiger partial charge in [0.1, 0.15) is 13.2 Å². The van der Waals surface area contributed by atoms with Crippen molar-refractivity contribution in [2.24, 2.45) is 0 Å². The Kier molecular flexibility index (Phi) is 10.6. The minimum absolute atomic E-state index is 0.317. The smallest absolute Gasteiger partial charge is 0.330 e. The fraction of sp³-hybridized carbons (Fsp3) is 0.812. The molecular formula is C16H32NO2+. The molecule has 0 aromatic carbocycles. The largest absolute Gasteiger partial charge is 0.457 e. The molecule has 0 aliphatic heterocycles. The van der Waals surface area contributed by atoms with E-state index in [-0.39, 0.29) is 5.97 Å². The van der Waals surface area contributed by atoms with Crippen molar-refractivity contribution in [3.8, 4) is 0 Å². The molecule has 3 heteroatoms. The molecule has 0 aromatic heterocycles. The van der Waals surface area contributed by atoms with Crippen molar-refractivity contribution in [1.82, 2.24) is 0 Å². The minimum atomic E-state index is -0.317. The highest BCUT2D eigenvalue weighted by Gasteiger charge is 2.18. The molecule has 112 valence electrons. The highest BCUT2D eigenvalue weighted by molar-refractivity contribution is 5.81. The van der Waals surface area contributed by atoms with Crippen molar-refractivity contribution in [2.45, 2.75) is 52.4 Å². The Balaban J connectivity index is 3.75. The SMILES string of the molecule is C=CC(=O)OCC[N+](C)(CC)CCCCCCCC. The lowest BCUT2D eigenvalue weighted by molar-refractivity contribution is -0.908. The van der Waals surface area contributed by atoms with Crippen molar-refractivity contribution in [1.29, 1.82) is 0 Å². The average molecular weight is 270 g/mol. The first-order chi connectivity index (χ1) is 9.08. The zero-order valence-electron chi connectivity index (χ0n) is 13.1. The minimum Gasteiger partial charge on any atom is -0.457 e. The summed E-state index contributed by atoms with van der Waals surface area (Å²) < 4.78 is 6.06. The van der Waals surface area contributed by atoms with E-state index < -0.39 is 0 Å². The van der Waals surface area contributed by atoms with Gasteiger partial charge in [-0.3, -0.25) is 0 Å². The van der Waals surface area contributed by atoms with Gasteiger partial charge in [0.05, 0.1) is 20.1 Å². The molecule has 0 amide bonds. The van der Waals surface area contributed by atoms with Gasteiger partial charge in [-0.25, -0.2) is 4.79 Å². The highest BCUT2D eigenvalue weighted by atomic mass is 16.5. The summed E-state index contributed by atoms with van der Waals surface area (Å²) in [5.41, 5.74) is 0. The number of carbonyl (C=O) groups is 1. The standard InChI is InChI=1S/C16H32NO2/c1-5-8-9-10-11-12-13-17(4,7-3)14-15-19-16(18)6-2/h6H,2,5,7-15H2,1,3-4H3/q+1. The fourth-order valence-electron chi connectivity index (χ4n) is 2.13. The number of unbranched alkanes of at least 4 members (excludes halogenated alkanes) is 5. The van der Waals surface area contributed by atoms with Crippen LogP contribution in [-0.2, 0) is 9.53 Å². The maximum absolute atomic E-state index is 11.0. The van der Waals surface area contributed by atoms with E-state index >= 15 is 0 Å². The molecule has 0 spiro atoms. The predicted molar refractivity (Wildman–Crippen MR) is 81.0 cm³/mol. The van der Waals surface area contributed by atoms with Gasteiger partial charge in [-0.2, -0.15) is 0 Å². The van der Waals surface area contributed by atoms with Crippen LogP contribution in [0, 0.1) is 0 Å². The van der Waals surface area contributed by atoms with Gasteiger partial charge in [0, 0.05) is 6.08 Å². The van der Waals surface area contributed by atoms with Gasteiger partial charge in [-0.15, -0.1) is 0 Å². The van der Waals surface area contributed by atoms with Crippen LogP contribution in [0.4, 0.5) is 0 Å². The lowest BCUT2D eigenvalue weighted by Crippen LogP contribution is -2.47. The van der Waals surface area contributed by atoms with E-state index in [9.17, 15) is 4.79 Å². The summed E-state index contributed by atoms with van der Waals surface area (Å²) in [5.74, 6) is -0.317. The first kappa shape index (κ1) is 18.2. The van der Waals surface area contributed by atoms with E-state index in [1.807, 2.05) is 0 Å². The molecule has 0 aromatic rings. The summed E-state index contributed by atoms with van der Waals surface area (Å²) in [4.78, 5) is 11.0. The summed E-state index contributed by atoms with van der Waals surface area (Å²) >= 11 is 0. The second kappa shape index (κ2) is 11.0. The van der Waals surface area contributed by atoms with E-state index in [1.165, 1.54) is 51.1 Å². The Labute approximate surface area is 119 Å². The van der Waals surface area contributed by atoms with Crippen LogP contribution < -0.4 is 0 Å². The first-order valence-electron chi connectivity index (χ1n) is 7.70. The molecule has 1 unspecified atom stereocenters. The zero-order valence-corrected chi connectivity index (χ0v) is 13.1. The summed E-state index contributed by atoms with van der Waals surface area (Å²) in [6.45, 7) is 11.5. The van der Waals surface area contributed by atoms with Crippen LogP contribution in [0.25, 0.3) is 0 Å². The zero-order chi connectivity index (χ0) is 14.6. The lowest BCUT2D eigenvalue weighted by atomic mass is 10.1. The number of carbonyl (C=O) groups excluding carboxylic acids is 1. The average Bonchev–Trinajstić information content (AvgIpc) is 2.42. The molecule has 0 aliphatic rings. The Morgan fingerprint density at radius 2 is 1.74 bits per heavy atom. The molecular weight excluding hydrogens is 238 g/mol. The number of hydrogen-bond donors (Lipinski definition) is 0. The number of hydrogen-bond acceptors (Lipinski definition) is 2. The van der Waals surface area contributed by atoms with Gasteiger partial charge in [0.15, 0.2) is 0 Å². The third-order valence-electron chi connectivity index (χ3n) is 3.86. The Hall–Kier alpha value is -0.830. The van der Waals surface area contributed by atoms with Gasteiger partial charge in [0.2, 0.25) is 0 Å². The topological polar surface area (TPSA) is 26.3 Å². The van der Waals surface area contributed by atoms with Crippen LogP contribution in [0.2, 0.25) is 0 Å². The van der Waals surface area contributed by atoms with Crippen LogP contribution >= 0.6 is 0 Å². The van der Waals surface area contributed by atoms with Crippen molar-refractivity contribution >= 4 is 5.97 Å². The Bertz CT molecular complexity index is 253. The van der Waals surface area contributed by atoms with Crippen molar-refractivity contribution < 1.29 is 14.0 Å². The van der Waals surface area contributed by atoms with Crippen LogP contribution in [0.3, 0.4) is 0 Å². The van der Waals surface area contributed by atoms with Crippen molar-refractivity contribution in [3.63, 3.8) is 0 Å². The Morgan fingerprint density at radius 3 is 2.32 bits per heavy atom. The van der Waals surface area contributed by atoms with Crippen molar-refractivity contribution in [3.05, 3.63) is 12.7 Å². The molecule has 0 saturated heterocycles. The number of rotatable bonds is 12. The third-order valence-corrected chi connectivity index (χ3v) is 3.86. The molecule has 1 atom stereocenters. The first-order valence-corrected chi connectivity index (χ1v) is 7.70. The molecule has 3 nitrogen and oxygen atoms in total. The number of quaternary nitrogens is 1. The van der Waals surface area contributed by atoms with Gasteiger partial charge in [-0.05, 0) is 19.8 Å². The van der Waals surface area contributed by atoms with Gasteiger partial charge in [0.25, 0.3) is 0 Å². The van der Waals surface area contributed by atoms with E-state index in [2.05, 4.69) is 27.5 Å². The van der Waals surface area contributed by atoms with E-state index in [4.69, 9.17) is 4.74 Å². The predicted octanol–water partition coefficient (Wildman–Crippen LogP) is 3.54. The molecule has 0 aliphatic carbocycles. The number of esters is 1. The summed E-state index contributed by atoms with van der Waals surface area (Å²) in [7, 11) is 2.24. The molecule has 0 bridgehead atoms. The molecule has 0 heterocycles. The second-order valence-electron chi connectivity index (χ2n) is 5.52. The molecule has 0 radical (unpaired) electrons. The quantitative estimate of drug-likeness (QED) is 0.235. The molecule has 0 N–H and O–H groups in total. The Morgan fingerprint density at radius 1 is 1.11 bits per heavy atom. The maximum atomic E-state index is 11.0. The van der Waals surface area contributed by atoms with E-state index in [0.717, 1.165) is 17.6 Å². The summed E-state index contributed by atoms with van der Waals surface area (Å²) in [6, 6.07) is 0. The van der Waals surface area contributed by atoms with Crippen LogP contribution in [-0.4, -0.2) is 43.7 Å². The van der Waals surface area contributed by atoms with Crippen LogP contribution in [0.1, 0.15) is 52.4 Å². The van der Waals surface area contributed by atoms with E-state index in [0.29, 0.717) is 6.61 Å². The van der Waals surface area contributed by atoms with Crippen LogP contribution in [0.15, 0.2) is 12.7 Å². The maximum Gasteiger partial charge on any atom is 0.330 e. The second-order valence-corrected chi connectivity index (χ2v) is 5.52. The van der Waals surface area contributed by atoms with Gasteiger partial charge in [-0.1, -0.05) is 39.2 Å². The molecule has 0 fully saturated rings. The van der Waals surface area contributed by atoms with Crippen LogP contribution in [0.5, 0.6) is 0 Å². The summed E-state index contributed by atoms with van der Waals surface area (Å²) in [5, 5.41) is 0. The summed E-state index contributed by atoms with van der Waals surface area (Å²) in [6.07, 6.45) is 9.19. The number of likely N-dealkylation sites (N-methyl/N-ethyl adjacent to an activating group) is 1. The van der Waals surface area contributed by atoms with Gasteiger partial charge < -0.3 is 9.22 Å². The van der Waals surface area contributed by atoms with Crippen molar-refractivity contribution in [2.75, 3.05) is 33.3 Å². The fourth-order valence-corrected chi connectivity index (χ4v) is 2.13. The van der Waals surface area contributed by atoms with E-state index in [1.54, 1.807) is 0 Å². The number of nitrogens with zero attached hydrogens (tertiary/aromatic N) is 1. The normalized spacial score (nSPS) is 13.8. The molecule has 0 saturated carbocycles. The third kappa shape index (κ3) is 9.71. The highest BCUT2D eigenvalue weighted by Crippen LogP contribution is 2.09. The number of ether oxygens (including phenoxy) is 1. The monoisotopic (exact) mass is 270 g/mol. The lowest BCUT2D eigenvalue weighted by Gasteiger charge is -2.33. The van der Waals surface area contributed by atoms with Gasteiger partial charge >= 0.3 is 5.97 Å².